The van der Waals surface area contributed by atoms with E-state index >= 15 is 0 Å². The predicted octanol–water partition coefficient (Wildman–Crippen LogP) is 2.39. The van der Waals surface area contributed by atoms with Gasteiger partial charge in [-0.25, -0.2) is 9.97 Å². The fourth-order valence-electron chi connectivity index (χ4n) is 3.58. The average Bonchev–Trinajstić information content (AvgIpc) is 3.30. The number of pyridine rings is 1. The first-order chi connectivity index (χ1) is 13.6. The largest absolute Gasteiger partial charge is 0.382 e. The number of fused-ring (bicyclic) bond motifs is 3. The maximum absolute atomic E-state index is 11.7. The first kappa shape index (κ1) is 17.1. The SMILES string of the molecule is NC(=O)C1(CCc2nc3c(N)nc4cc(-c5ccn[nH]5)ccc4c3s2)CCO1. The van der Waals surface area contributed by atoms with Crippen LogP contribution in [0.5, 0.6) is 0 Å². The first-order valence-electron chi connectivity index (χ1n) is 8.98. The van der Waals surface area contributed by atoms with Crippen LogP contribution >= 0.6 is 11.3 Å². The molecule has 0 radical (unpaired) electrons. The molecule has 28 heavy (non-hydrogen) atoms. The highest BCUT2D eigenvalue weighted by molar-refractivity contribution is 7.19. The van der Waals surface area contributed by atoms with E-state index in [1.807, 2.05) is 24.3 Å². The molecule has 0 spiro atoms. The standard InChI is InChI=1S/C19H18N6O2S/c20-17-15-16(28-14(24-15)3-5-19(18(21)26)6-8-27-19)11-2-1-10(9-13(11)23-17)12-4-7-22-25-12/h1-2,4,7,9H,3,5-6,8H2,(H2,20,23)(H2,21,26)(H,22,25). The van der Waals surface area contributed by atoms with Crippen molar-refractivity contribution in [1.82, 2.24) is 20.2 Å². The summed E-state index contributed by atoms with van der Waals surface area (Å²) in [5.41, 5.74) is 14.3. The lowest BCUT2D eigenvalue weighted by Crippen LogP contribution is -2.54. The van der Waals surface area contributed by atoms with Crippen molar-refractivity contribution in [3.63, 3.8) is 0 Å². The summed E-state index contributed by atoms with van der Waals surface area (Å²) in [6.45, 7) is 0.572. The maximum Gasteiger partial charge on any atom is 0.249 e. The van der Waals surface area contributed by atoms with Gasteiger partial charge in [-0.05, 0) is 18.6 Å². The van der Waals surface area contributed by atoms with Gasteiger partial charge >= 0.3 is 0 Å². The number of nitrogens with two attached hydrogens (primary N) is 2. The van der Waals surface area contributed by atoms with Crippen LogP contribution in [0.1, 0.15) is 17.8 Å². The van der Waals surface area contributed by atoms with E-state index in [-0.39, 0.29) is 0 Å². The molecule has 5 N–H and O–H groups in total. The number of aromatic amines is 1. The quantitative estimate of drug-likeness (QED) is 0.476. The molecular formula is C19H18N6O2S. The average molecular weight is 394 g/mol. The molecule has 9 heteroatoms. The molecule has 142 valence electrons. The van der Waals surface area contributed by atoms with Crippen molar-refractivity contribution in [2.75, 3.05) is 12.3 Å². The van der Waals surface area contributed by atoms with Crippen molar-refractivity contribution >= 4 is 44.2 Å². The zero-order chi connectivity index (χ0) is 19.3. The number of amides is 1. The summed E-state index contributed by atoms with van der Waals surface area (Å²) in [5.74, 6) is -0.00547. The number of hydrogen-bond donors (Lipinski definition) is 3. The summed E-state index contributed by atoms with van der Waals surface area (Å²) in [7, 11) is 0. The van der Waals surface area contributed by atoms with Crippen LogP contribution in [0.15, 0.2) is 30.5 Å². The second kappa shape index (κ2) is 6.25. The molecule has 1 atom stereocenters. The van der Waals surface area contributed by atoms with Crippen molar-refractivity contribution in [3.05, 3.63) is 35.5 Å². The molecule has 1 aliphatic rings. The zero-order valence-electron chi connectivity index (χ0n) is 14.9. The van der Waals surface area contributed by atoms with E-state index in [0.29, 0.717) is 37.2 Å². The molecule has 4 heterocycles. The van der Waals surface area contributed by atoms with E-state index in [2.05, 4.69) is 20.2 Å². The number of ether oxygens (including phenoxy) is 1. The Morgan fingerprint density at radius 3 is 2.86 bits per heavy atom. The second-order valence-corrected chi connectivity index (χ2v) is 8.03. The van der Waals surface area contributed by atoms with Gasteiger partial charge in [0.15, 0.2) is 5.82 Å². The maximum atomic E-state index is 11.7. The van der Waals surface area contributed by atoms with Crippen LogP contribution in [0, 0.1) is 0 Å². The molecule has 1 fully saturated rings. The number of benzene rings is 1. The number of primary amides is 1. The molecule has 4 aromatic rings. The van der Waals surface area contributed by atoms with Crippen molar-refractivity contribution in [1.29, 1.82) is 0 Å². The van der Waals surface area contributed by atoms with Crippen LogP contribution in [0.3, 0.4) is 0 Å². The van der Waals surface area contributed by atoms with E-state index in [9.17, 15) is 4.79 Å². The number of aryl methyl sites for hydroxylation is 1. The topological polar surface area (TPSA) is 133 Å². The molecule has 1 aliphatic heterocycles. The summed E-state index contributed by atoms with van der Waals surface area (Å²) in [6, 6.07) is 7.95. The smallest absolute Gasteiger partial charge is 0.249 e. The number of aromatic nitrogens is 4. The van der Waals surface area contributed by atoms with Gasteiger partial charge in [0.05, 0.1) is 27.5 Å². The van der Waals surface area contributed by atoms with Gasteiger partial charge in [-0.3, -0.25) is 9.89 Å². The lowest BCUT2D eigenvalue weighted by Gasteiger charge is -2.38. The number of hydrogen-bond acceptors (Lipinski definition) is 7. The highest BCUT2D eigenvalue weighted by Gasteiger charge is 2.44. The Hall–Kier alpha value is -3.04. The number of carbonyl (C=O) groups excluding carboxylic acids is 1. The highest BCUT2D eigenvalue weighted by atomic mass is 32.1. The van der Waals surface area contributed by atoms with E-state index in [1.54, 1.807) is 17.5 Å². The number of thiazole rings is 1. The minimum Gasteiger partial charge on any atom is -0.382 e. The molecule has 1 unspecified atom stereocenters. The Balaban J connectivity index is 1.52. The fourth-order valence-corrected chi connectivity index (χ4v) is 4.69. The Kier molecular flexibility index (Phi) is 3.81. The molecule has 1 aromatic carbocycles. The molecule has 0 bridgehead atoms. The number of rotatable bonds is 5. The summed E-state index contributed by atoms with van der Waals surface area (Å²) in [4.78, 5) is 20.9. The number of anilines is 1. The van der Waals surface area contributed by atoms with E-state index in [1.165, 1.54) is 0 Å². The van der Waals surface area contributed by atoms with Gasteiger partial charge < -0.3 is 16.2 Å². The summed E-state index contributed by atoms with van der Waals surface area (Å²) < 4.78 is 6.47. The Morgan fingerprint density at radius 1 is 1.32 bits per heavy atom. The van der Waals surface area contributed by atoms with E-state index < -0.39 is 11.5 Å². The van der Waals surface area contributed by atoms with Crippen molar-refractivity contribution in [3.8, 4) is 11.3 Å². The van der Waals surface area contributed by atoms with Crippen LogP contribution in [-0.4, -0.2) is 38.3 Å². The Bertz CT molecular complexity index is 1200. The lowest BCUT2D eigenvalue weighted by molar-refractivity contribution is -0.175. The van der Waals surface area contributed by atoms with Gasteiger partial charge in [0.2, 0.25) is 5.91 Å². The Labute approximate surface area is 163 Å². The normalized spacial score (nSPS) is 19.1. The second-order valence-electron chi connectivity index (χ2n) is 6.94. The van der Waals surface area contributed by atoms with Gasteiger partial charge in [-0.15, -0.1) is 11.3 Å². The number of nitrogens with one attached hydrogen (secondary N) is 1. The molecule has 8 nitrogen and oxygen atoms in total. The van der Waals surface area contributed by atoms with Gasteiger partial charge in [-0.2, -0.15) is 5.10 Å². The van der Waals surface area contributed by atoms with Crippen LogP contribution in [-0.2, 0) is 16.0 Å². The highest BCUT2D eigenvalue weighted by Crippen LogP contribution is 2.36. The van der Waals surface area contributed by atoms with E-state index in [0.717, 1.165) is 31.9 Å². The summed E-state index contributed by atoms with van der Waals surface area (Å²) in [5, 5.41) is 8.84. The van der Waals surface area contributed by atoms with Crippen molar-refractivity contribution < 1.29 is 9.53 Å². The van der Waals surface area contributed by atoms with Crippen LogP contribution in [0.25, 0.3) is 32.4 Å². The molecule has 1 amide bonds. The summed E-state index contributed by atoms with van der Waals surface area (Å²) in [6.07, 6.45) is 3.51. The van der Waals surface area contributed by atoms with Crippen LogP contribution < -0.4 is 11.5 Å². The van der Waals surface area contributed by atoms with Gasteiger partial charge in [0.1, 0.15) is 11.1 Å². The first-order valence-corrected chi connectivity index (χ1v) is 9.80. The third-order valence-corrected chi connectivity index (χ3v) is 6.43. The minimum absolute atomic E-state index is 0.399. The lowest BCUT2D eigenvalue weighted by atomic mass is 9.89. The Morgan fingerprint density at radius 2 is 2.18 bits per heavy atom. The van der Waals surface area contributed by atoms with Gasteiger partial charge in [0, 0.05) is 30.0 Å². The zero-order valence-corrected chi connectivity index (χ0v) is 15.8. The van der Waals surface area contributed by atoms with Crippen molar-refractivity contribution in [2.24, 2.45) is 5.73 Å². The molecule has 1 saturated heterocycles. The van der Waals surface area contributed by atoms with E-state index in [4.69, 9.17) is 16.2 Å². The fraction of sp³-hybridized carbons (Fsp3) is 0.263. The summed E-state index contributed by atoms with van der Waals surface area (Å²) >= 11 is 1.57. The number of carbonyl (C=O) groups is 1. The van der Waals surface area contributed by atoms with Gasteiger partial charge in [-0.1, -0.05) is 12.1 Å². The number of H-pyrrole nitrogens is 1. The minimum atomic E-state index is -0.845. The number of nitrogens with zero attached hydrogens (tertiary/aromatic N) is 3. The van der Waals surface area contributed by atoms with Crippen molar-refractivity contribution in [2.45, 2.75) is 24.9 Å². The third kappa shape index (κ3) is 2.62. The number of nitrogen functional groups attached to an aromatic ring is 1. The predicted molar refractivity (Wildman–Crippen MR) is 108 cm³/mol. The monoisotopic (exact) mass is 394 g/mol. The molecule has 5 rings (SSSR count). The van der Waals surface area contributed by atoms with Crippen LogP contribution in [0.4, 0.5) is 5.82 Å². The molecule has 0 aliphatic carbocycles. The molecular weight excluding hydrogens is 376 g/mol. The van der Waals surface area contributed by atoms with Crippen LogP contribution in [0.2, 0.25) is 0 Å². The van der Waals surface area contributed by atoms with Gasteiger partial charge in [0.25, 0.3) is 0 Å². The molecule has 3 aromatic heterocycles. The molecule has 0 saturated carbocycles. The third-order valence-electron chi connectivity index (χ3n) is 5.29.